The highest BCUT2D eigenvalue weighted by Gasteiger charge is 2.28. The molecule has 1 aromatic carbocycles. The van der Waals surface area contributed by atoms with E-state index < -0.39 is 0 Å². The minimum atomic E-state index is 0.192. The number of methoxy groups -OCH3 is 2. The molecule has 0 bridgehead atoms. The zero-order valence-corrected chi connectivity index (χ0v) is 17.6. The first-order chi connectivity index (χ1) is 11.6. The van der Waals surface area contributed by atoms with E-state index in [0.717, 1.165) is 45.9 Å². The van der Waals surface area contributed by atoms with E-state index in [0.29, 0.717) is 0 Å². The summed E-state index contributed by atoms with van der Waals surface area (Å²) in [4.78, 5) is 3.83. The Morgan fingerprint density at radius 3 is 2.33 bits per heavy atom. The third-order valence-electron chi connectivity index (χ3n) is 4.18. The van der Waals surface area contributed by atoms with Crippen LogP contribution in [-0.2, 0) is 0 Å². The Morgan fingerprint density at radius 1 is 1.08 bits per heavy atom. The molecule has 130 valence electrons. The van der Waals surface area contributed by atoms with Crippen LogP contribution >= 0.6 is 43.2 Å². The van der Waals surface area contributed by atoms with E-state index in [1.54, 1.807) is 25.6 Å². The van der Waals surface area contributed by atoms with Crippen molar-refractivity contribution in [2.75, 3.05) is 40.4 Å². The van der Waals surface area contributed by atoms with Gasteiger partial charge in [-0.15, -0.1) is 11.3 Å². The predicted octanol–water partition coefficient (Wildman–Crippen LogP) is 4.28. The number of ether oxygens (including phenoxy) is 2. The van der Waals surface area contributed by atoms with E-state index in [9.17, 15) is 0 Å². The zero-order chi connectivity index (χ0) is 17.1. The first-order valence-electron chi connectivity index (χ1n) is 7.75. The van der Waals surface area contributed by atoms with Crippen LogP contribution in [0.4, 0.5) is 0 Å². The molecule has 1 N–H and O–H groups in total. The molecule has 1 aliphatic rings. The number of hydrogen-bond donors (Lipinski definition) is 1. The van der Waals surface area contributed by atoms with Crippen LogP contribution in [0.15, 0.2) is 32.5 Å². The lowest BCUT2D eigenvalue weighted by atomic mass is 10.0. The molecule has 7 heteroatoms. The summed E-state index contributed by atoms with van der Waals surface area (Å²) in [5.74, 6) is 1.49. The van der Waals surface area contributed by atoms with E-state index in [4.69, 9.17) is 9.47 Å². The van der Waals surface area contributed by atoms with E-state index in [2.05, 4.69) is 60.3 Å². The Labute approximate surface area is 163 Å². The number of piperazine rings is 1. The van der Waals surface area contributed by atoms with Crippen molar-refractivity contribution < 1.29 is 9.47 Å². The number of benzene rings is 1. The van der Waals surface area contributed by atoms with Gasteiger partial charge in [0.2, 0.25) is 0 Å². The zero-order valence-electron chi connectivity index (χ0n) is 13.6. The smallest absolute Gasteiger partial charge is 0.161 e. The quantitative estimate of drug-likeness (QED) is 0.699. The van der Waals surface area contributed by atoms with Crippen molar-refractivity contribution in [3.05, 3.63) is 43.0 Å². The van der Waals surface area contributed by atoms with Gasteiger partial charge in [0, 0.05) is 35.5 Å². The van der Waals surface area contributed by atoms with Gasteiger partial charge in [-0.3, -0.25) is 4.90 Å². The highest BCUT2D eigenvalue weighted by Crippen LogP contribution is 2.42. The lowest BCUT2D eigenvalue weighted by Gasteiger charge is -2.35. The molecule has 3 rings (SSSR count). The number of halogens is 2. The summed E-state index contributed by atoms with van der Waals surface area (Å²) < 4.78 is 13.1. The molecule has 1 atom stereocenters. The summed E-state index contributed by atoms with van der Waals surface area (Å²) in [6.07, 6.45) is 0. The molecule has 2 aromatic rings. The second-order valence-electron chi connectivity index (χ2n) is 5.56. The summed E-state index contributed by atoms with van der Waals surface area (Å²) >= 11 is 9.11. The van der Waals surface area contributed by atoms with E-state index in [1.165, 1.54) is 10.4 Å². The highest BCUT2D eigenvalue weighted by molar-refractivity contribution is 9.11. The fraction of sp³-hybridized carbons (Fsp3) is 0.412. The Balaban J connectivity index is 2.07. The molecule has 1 aliphatic heterocycles. The first-order valence-corrected chi connectivity index (χ1v) is 10.2. The van der Waals surface area contributed by atoms with Gasteiger partial charge in [-0.2, -0.15) is 0 Å². The van der Waals surface area contributed by atoms with Crippen LogP contribution in [0.3, 0.4) is 0 Å². The minimum absolute atomic E-state index is 0.192. The molecule has 1 aromatic heterocycles. The Bertz CT molecular complexity index is 702. The maximum absolute atomic E-state index is 5.53. The average Bonchev–Trinajstić information content (AvgIpc) is 3.03. The number of nitrogens with zero attached hydrogens (tertiary/aromatic N) is 1. The monoisotopic (exact) mass is 474 g/mol. The van der Waals surface area contributed by atoms with E-state index in [1.807, 2.05) is 6.07 Å². The van der Waals surface area contributed by atoms with Gasteiger partial charge in [0.25, 0.3) is 0 Å². The second-order valence-corrected chi connectivity index (χ2v) is 8.91. The van der Waals surface area contributed by atoms with Crippen molar-refractivity contribution >= 4 is 43.2 Å². The van der Waals surface area contributed by atoms with Crippen LogP contribution in [0.1, 0.15) is 16.5 Å². The van der Waals surface area contributed by atoms with Gasteiger partial charge in [0.05, 0.1) is 24.0 Å². The third kappa shape index (κ3) is 3.80. The van der Waals surface area contributed by atoms with Crippen molar-refractivity contribution in [2.45, 2.75) is 6.04 Å². The maximum Gasteiger partial charge on any atom is 0.161 e. The Hall–Kier alpha value is -0.600. The Kier molecular flexibility index (Phi) is 6.21. The van der Waals surface area contributed by atoms with Crippen molar-refractivity contribution in [3.63, 3.8) is 0 Å². The molecule has 0 spiro atoms. The van der Waals surface area contributed by atoms with Crippen molar-refractivity contribution in [1.82, 2.24) is 10.2 Å². The van der Waals surface area contributed by atoms with Crippen LogP contribution in [0.5, 0.6) is 11.5 Å². The summed E-state index contributed by atoms with van der Waals surface area (Å²) in [5.41, 5.74) is 1.20. The van der Waals surface area contributed by atoms with Gasteiger partial charge in [-0.25, -0.2) is 0 Å². The second kappa shape index (κ2) is 8.19. The fourth-order valence-electron chi connectivity index (χ4n) is 3.02. The van der Waals surface area contributed by atoms with Crippen LogP contribution in [0.2, 0.25) is 0 Å². The third-order valence-corrected chi connectivity index (χ3v) is 6.54. The molecule has 1 saturated heterocycles. The standard InChI is InChI=1S/C17H20Br2N2O2S/c1-22-13-9-11(12(18)10-14(13)23-2)17(15-3-4-16(19)24-15)21-7-5-20-6-8-21/h3-4,9-10,17,20H,5-8H2,1-2H3. The molecule has 24 heavy (non-hydrogen) atoms. The molecular weight excluding hydrogens is 456 g/mol. The van der Waals surface area contributed by atoms with Gasteiger partial charge in [0.1, 0.15) is 0 Å². The minimum Gasteiger partial charge on any atom is -0.493 e. The summed E-state index contributed by atoms with van der Waals surface area (Å²) in [7, 11) is 3.34. The Morgan fingerprint density at radius 2 is 1.75 bits per heavy atom. The summed E-state index contributed by atoms with van der Waals surface area (Å²) in [5, 5.41) is 3.43. The molecule has 4 nitrogen and oxygen atoms in total. The summed E-state index contributed by atoms with van der Waals surface area (Å²) in [6.45, 7) is 4.05. The van der Waals surface area contributed by atoms with Crippen molar-refractivity contribution in [2.24, 2.45) is 0 Å². The lowest BCUT2D eigenvalue weighted by molar-refractivity contribution is 0.200. The molecular formula is C17H20Br2N2O2S. The lowest BCUT2D eigenvalue weighted by Crippen LogP contribution is -2.45. The van der Waals surface area contributed by atoms with Crippen LogP contribution in [-0.4, -0.2) is 45.3 Å². The van der Waals surface area contributed by atoms with Crippen molar-refractivity contribution in [1.29, 1.82) is 0 Å². The highest BCUT2D eigenvalue weighted by atomic mass is 79.9. The van der Waals surface area contributed by atoms with Gasteiger partial charge >= 0.3 is 0 Å². The molecule has 0 radical (unpaired) electrons. The topological polar surface area (TPSA) is 33.7 Å². The molecule has 0 saturated carbocycles. The molecule has 1 fully saturated rings. The van der Waals surface area contributed by atoms with Crippen LogP contribution < -0.4 is 14.8 Å². The fourth-order valence-corrected chi connectivity index (χ4v) is 5.14. The predicted molar refractivity (Wildman–Crippen MR) is 106 cm³/mol. The average molecular weight is 476 g/mol. The van der Waals surface area contributed by atoms with Crippen molar-refractivity contribution in [3.8, 4) is 11.5 Å². The van der Waals surface area contributed by atoms with E-state index >= 15 is 0 Å². The van der Waals surface area contributed by atoms with Gasteiger partial charge < -0.3 is 14.8 Å². The van der Waals surface area contributed by atoms with Gasteiger partial charge in [-0.1, -0.05) is 15.9 Å². The molecule has 1 unspecified atom stereocenters. The van der Waals surface area contributed by atoms with Gasteiger partial charge in [-0.05, 0) is 45.8 Å². The normalized spacial score (nSPS) is 16.8. The van der Waals surface area contributed by atoms with Gasteiger partial charge in [0.15, 0.2) is 11.5 Å². The van der Waals surface area contributed by atoms with Crippen LogP contribution in [0.25, 0.3) is 0 Å². The molecule has 0 amide bonds. The number of nitrogens with one attached hydrogen (secondary N) is 1. The molecule has 0 aliphatic carbocycles. The number of thiophene rings is 1. The summed E-state index contributed by atoms with van der Waals surface area (Å²) in [6, 6.07) is 8.58. The SMILES string of the molecule is COc1cc(Br)c(C(c2ccc(Br)s2)N2CCNCC2)cc1OC. The number of rotatable bonds is 5. The maximum atomic E-state index is 5.53. The first kappa shape index (κ1) is 18.2. The number of hydrogen-bond acceptors (Lipinski definition) is 5. The van der Waals surface area contributed by atoms with Crippen LogP contribution in [0, 0.1) is 0 Å². The largest absolute Gasteiger partial charge is 0.493 e. The van der Waals surface area contributed by atoms with E-state index in [-0.39, 0.29) is 6.04 Å². The molecule has 2 heterocycles.